The molecule has 2 rings (SSSR count). The average molecular weight is 330 g/mol. The van der Waals surface area contributed by atoms with Crippen LogP contribution in [0, 0.1) is 17.7 Å². The molecule has 4 nitrogen and oxygen atoms in total. The van der Waals surface area contributed by atoms with Crippen LogP contribution in [-0.2, 0) is 9.59 Å². The number of carboxylic acid groups (broad SMARTS) is 1. The Morgan fingerprint density at radius 3 is 2.58 bits per heavy atom. The fourth-order valence-corrected chi connectivity index (χ4v) is 2.60. The Morgan fingerprint density at radius 1 is 1.32 bits per heavy atom. The number of benzene rings is 1. The van der Waals surface area contributed by atoms with Crippen molar-refractivity contribution in [2.75, 3.05) is 5.32 Å². The Kier molecular flexibility index (Phi) is 4.19. The summed E-state index contributed by atoms with van der Waals surface area (Å²) in [6, 6.07) is 4.37. The lowest BCUT2D eigenvalue weighted by molar-refractivity contribution is -0.141. The summed E-state index contributed by atoms with van der Waals surface area (Å²) >= 11 is 3.13. The number of halogens is 2. The van der Waals surface area contributed by atoms with E-state index in [1.807, 2.05) is 0 Å². The van der Waals surface area contributed by atoms with Crippen LogP contribution < -0.4 is 5.32 Å². The minimum absolute atomic E-state index is 0.118. The number of amides is 1. The predicted octanol–water partition coefficient (Wildman–Crippen LogP) is 3.03. The largest absolute Gasteiger partial charge is 0.481 e. The third kappa shape index (κ3) is 3.32. The van der Waals surface area contributed by atoms with Crippen molar-refractivity contribution >= 4 is 33.5 Å². The Morgan fingerprint density at radius 2 is 2.00 bits per heavy atom. The number of carboxylic acids is 1. The molecule has 1 aliphatic rings. The molecule has 1 fully saturated rings. The van der Waals surface area contributed by atoms with Gasteiger partial charge in [-0.2, -0.15) is 0 Å². The zero-order valence-corrected chi connectivity index (χ0v) is 11.6. The average Bonchev–Trinajstić information content (AvgIpc) is 2.82. The molecule has 6 heteroatoms. The van der Waals surface area contributed by atoms with Gasteiger partial charge in [0.25, 0.3) is 0 Å². The highest BCUT2D eigenvalue weighted by Gasteiger charge is 2.33. The summed E-state index contributed by atoms with van der Waals surface area (Å²) in [5, 5.41) is 11.4. The van der Waals surface area contributed by atoms with E-state index in [-0.39, 0.29) is 17.5 Å². The first kappa shape index (κ1) is 14.0. The zero-order chi connectivity index (χ0) is 14.0. The first-order valence-electron chi connectivity index (χ1n) is 5.96. The summed E-state index contributed by atoms with van der Waals surface area (Å²) < 4.78 is 14.2. The van der Waals surface area contributed by atoms with Gasteiger partial charge >= 0.3 is 5.97 Å². The van der Waals surface area contributed by atoms with Crippen LogP contribution >= 0.6 is 15.9 Å². The summed E-state index contributed by atoms with van der Waals surface area (Å²) in [5.74, 6) is -2.53. The number of anilines is 1. The molecule has 2 N–H and O–H groups in total. The molecule has 19 heavy (non-hydrogen) atoms. The van der Waals surface area contributed by atoms with Crippen LogP contribution in [0.25, 0.3) is 0 Å². The van der Waals surface area contributed by atoms with E-state index in [0.717, 1.165) is 0 Å². The lowest BCUT2D eigenvalue weighted by Gasteiger charge is -2.11. The molecule has 2 atom stereocenters. The highest BCUT2D eigenvalue weighted by molar-refractivity contribution is 9.10. The Bertz CT molecular complexity index is 521. The fourth-order valence-electron chi connectivity index (χ4n) is 2.27. The van der Waals surface area contributed by atoms with E-state index in [1.54, 1.807) is 6.07 Å². The van der Waals surface area contributed by atoms with Gasteiger partial charge in [0.2, 0.25) is 5.91 Å². The quantitative estimate of drug-likeness (QED) is 0.895. The number of nitrogens with one attached hydrogen (secondary N) is 1. The molecule has 1 aromatic carbocycles. The summed E-state index contributed by atoms with van der Waals surface area (Å²) in [4.78, 5) is 22.8. The molecule has 1 saturated carbocycles. The van der Waals surface area contributed by atoms with Crippen LogP contribution in [-0.4, -0.2) is 17.0 Å². The van der Waals surface area contributed by atoms with E-state index >= 15 is 0 Å². The molecule has 0 radical (unpaired) electrons. The van der Waals surface area contributed by atoms with E-state index in [2.05, 4.69) is 21.2 Å². The molecule has 0 heterocycles. The van der Waals surface area contributed by atoms with Crippen molar-refractivity contribution in [2.45, 2.75) is 19.3 Å². The van der Waals surface area contributed by atoms with E-state index in [9.17, 15) is 14.0 Å². The van der Waals surface area contributed by atoms with Crippen molar-refractivity contribution in [3.05, 3.63) is 28.5 Å². The molecular formula is C13H13BrFNO3. The number of aliphatic carboxylic acids is 1. The van der Waals surface area contributed by atoms with Gasteiger partial charge in [0.1, 0.15) is 5.82 Å². The predicted molar refractivity (Wildman–Crippen MR) is 71.2 cm³/mol. The standard InChI is InChI=1S/C13H13BrFNO3/c14-9-3-4-11(10(15)6-9)16-12(17)7-1-2-8(5-7)13(18)19/h3-4,6-8H,1-2,5H2,(H,16,17)(H,18,19). The van der Waals surface area contributed by atoms with Gasteiger partial charge in [-0.1, -0.05) is 15.9 Å². The summed E-state index contributed by atoms with van der Waals surface area (Å²) in [5.41, 5.74) is 0.118. The monoisotopic (exact) mass is 329 g/mol. The van der Waals surface area contributed by atoms with Gasteiger partial charge in [-0.3, -0.25) is 9.59 Å². The van der Waals surface area contributed by atoms with Crippen LogP contribution in [0.5, 0.6) is 0 Å². The number of hydrogen-bond acceptors (Lipinski definition) is 2. The summed E-state index contributed by atoms with van der Waals surface area (Å²) in [6.07, 6.45) is 1.34. The lowest BCUT2D eigenvalue weighted by atomic mass is 10.0. The summed E-state index contributed by atoms with van der Waals surface area (Å²) in [6.45, 7) is 0. The maximum Gasteiger partial charge on any atom is 0.306 e. The Hall–Kier alpha value is -1.43. The van der Waals surface area contributed by atoms with E-state index in [1.165, 1.54) is 12.1 Å². The minimum Gasteiger partial charge on any atom is -0.481 e. The molecule has 1 amide bonds. The highest BCUT2D eigenvalue weighted by atomic mass is 79.9. The van der Waals surface area contributed by atoms with Crippen molar-refractivity contribution < 1.29 is 19.1 Å². The molecule has 1 aromatic rings. The van der Waals surface area contributed by atoms with Gasteiger partial charge in [-0.25, -0.2) is 4.39 Å². The topological polar surface area (TPSA) is 66.4 Å². The van der Waals surface area contributed by atoms with Gasteiger partial charge in [0.05, 0.1) is 11.6 Å². The molecule has 102 valence electrons. The van der Waals surface area contributed by atoms with Gasteiger partial charge in [0.15, 0.2) is 0 Å². The van der Waals surface area contributed by atoms with Crippen molar-refractivity contribution in [1.29, 1.82) is 0 Å². The fraction of sp³-hybridized carbons (Fsp3) is 0.385. The zero-order valence-electron chi connectivity index (χ0n) is 10.0. The van der Waals surface area contributed by atoms with Crippen LogP contribution in [0.15, 0.2) is 22.7 Å². The number of carbonyl (C=O) groups is 2. The minimum atomic E-state index is -0.870. The third-order valence-electron chi connectivity index (χ3n) is 3.34. The van der Waals surface area contributed by atoms with E-state index in [0.29, 0.717) is 23.7 Å². The first-order valence-corrected chi connectivity index (χ1v) is 6.75. The smallest absolute Gasteiger partial charge is 0.306 e. The molecule has 0 aliphatic heterocycles. The second-order valence-electron chi connectivity index (χ2n) is 4.66. The Labute approximate surface area is 118 Å². The van der Waals surface area contributed by atoms with Crippen molar-refractivity contribution in [3.63, 3.8) is 0 Å². The Balaban J connectivity index is 2.00. The van der Waals surface area contributed by atoms with Crippen molar-refractivity contribution in [2.24, 2.45) is 11.8 Å². The first-order chi connectivity index (χ1) is 8.97. The van der Waals surface area contributed by atoms with Crippen molar-refractivity contribution in [1.82, 2.24) is 0 Å². The third-order valence-corrected chi connectivity index (χ3v) is 3.83. The molecule has 2 unspecified atom stereocenters. The second kappa shape index (κ2) is 5.69. The summed E-state index contributed by atoms with van der Waals surface area (Å²) in [7, 11) is 0. The maximum absolute atomic E-state index is 13.6. The lowest BCUT2D eigenvalue weighted by Crippen LogP contribution is -2.22. The number of rotatable bonds is 3. The van der Waals surface area contributed by atoms with Crippen LogP contribution in [0.3, 0.4) is 0 Å². The van der Waals surface area contributed by atoms with Gasteiger partial charge in [-0.15, -0.1) is 0 Å². The van der Waals surface area contributed by atoms with Crippen LogP contribution in [0.2, 0.25) is 0 Å². The second-order valence-corrected chi connectivity index (χ2v) is 5.57. The number of carbonyl (C=O) groups excluding carboxylic acids is 1. The van der Waals surface area contributed by atoms with Gasteiger partial charge in [-0.05, 0) is 37.5 Å². The van der Waals surface area contributed by atoms with E-state index in [4.69, 9.17) is 5.11 Å². The van der Waals surface area contributed by atoms with Crippen LogP contribution in [0.4, 0.5) is 10.1 Å². The SMILES string of the molecule is O=C(O)C1CCC(C(=O)Nc2ccc(Br)cc2F)C1. The molecule has 0 spiro atoms. The normalized spacial score (nSPS) is 22.2. The number of hydrogen-bond donors (Lipinski definition) is 2. The highest BCUT2D eigenvalue weighted by Crippen LogP contribution is 2.32. The molecule has 0 bridgehead atoms. The van der Waals surface area contributed by atoms with Crippen LogP contribution in [0.1, 0.15) is 19.3 Å². The molecular weight excluding hydrogens is 317 g/mol. The molecule has 0 aromatic heterocycles. The van der Waals surface area contributed by atoms with Gasteiger partial charge < -0.3 is 10.4 Å². The van der Waals surface area contributed by atoms with Gasteiger partial charge in [0, 0.05) is 10.4 Å². The van der Waals surface area contributed by atoms with E-state index < -0.39 is 17.7 Å². The van der Waals surface area contributed by atoms with Crippen molar-refractivity contribution in [3.8, 4) is 0 Å². The maximum atomic E-state index is 13.6. The molecule has 0 saturated heterocycles. The molecule has 1 aliphatic carbocycles.